The summed E-state index contributed by atoms with van der Waals surface area (Å²) in [6.07, 6.45) is 7.84. The Hall–Kier alpha value is -0.770. The number of aryl methyl sites for hydroxylation is 1. The molecular formula is C17H27ClN2O. The minimum absolute atomic E-state index is 0.415. The second-order valence-corrected chi connectivity index (χ2v) is 6.14. The number of ether oxygens (including phenoxy) is 1. The van der Waals surface area contributed by atoms with Gasteiger partial charge in [0.1, 0.15) is 5.75 Å². The molecule has 1 heterocycles. The summed E-state index contributed by atoms with van der Waals surface area (Å²) in [5.41, 5.74) is 5.83. The minimum atomic E-state index is 0.415. The van der Waals surface area contributed by atoms with E-state index in [0.29, 0.717) is 6.10 Å². The van der Waals surface area contributed by atoms with Crippen molar-refractivity contribution >= 4 is 11.6 Å². The summed E-state index contributed by atoms with van der Waals surface area (Å²) in [5.74, 6) is 0.854. The lowest BCUT2D eigenvalue weighted by molar-refractivity contribution is 0.303. The van der Waals surface area contributed by atoms with Crippen molar-refractivity contribution in [3.05, 3.63) is 28.8 Å². The van der Waals surface area contributed by atoms with Crippen LogP contribution in [-0.4, -0.2) is 37.7 Å². The van der Waals surface area contributed by atoms with Gasteiger partial charge in [-0.1, -0.05) is 17.7 Å². The number of benzene rings is 1. The van der Waals surface area contributed by atoms with Gasteiger partial charge in [0.15, 0.2) is 0 Å². The number of rotatable bonds is 6. The summed E-state index contributed by atoms with van der Waals surface area (Å²) in [7, 11) is 1.50. The monoisotopic (exact) mass is 310 g/mol. The summed E-state index contributed by atoms with van der Waals surface area (Å²) < 4.78 is 5.76. The smallest absolute Gasteiger partial charge is 0.138 e. The second kappa shape index (κ2) is 8.62. The lowest BCUT2D eigenvalue weighted by Gasteiger charge is -2.14. The van der Waals surface area contributed by atoms with E-state index in [0.717, 1.165) is 17.2 Å². The van der Waals surface area contributed by atoms with Crippen LogP contribution in [0.5, 0.6) is 5.75 Å². The molecule has 2 aliphatic rings. The molecule has 0 unspecified atom stereocenters. The van der Waals surface area contributed by atoms with Gasteiger partial charge in [0.25, 0.3) is 0 Å². The van der Waals surface area contributed by atoms with Crippen LogP contribution in [0.3, 0.4) is 0 Å². The van der Waals surface area contributed by atoms with Gasteiger partial charge in [0.05, 0.1) is 11.1 Å². The SMILES string of the molecule is CN.Clc1cc(CCCN2CCCC2)ccc1OC1CC1. The molecule has 2 N–H and O–H groups in total. The van der Waals surface area contributed by atoms with Gasteiger partial charge in [-0.05, 0) is 82.9 Å². The van der Waals surface area contributed by atoms with Crippen molar-refractivity contribution in [3.8, 4) is 5.75 Å². The average molecular weight is 311 g/mol. The van der Waals surface area contributed by atoms with Gasteiger partial charge in [-0.3, -0.25) is 0 Å². The van der Waals surface area contributed by atoms with Crippen LogP contribution in [-0.2, 0) is 6.42 Å². The molecule has 118 valence electrons. The topological polar surface area (TPSA) is 38.5 Å². The highest BCUT2D eigenvalue weighted by Gasteiger charge is 2.24. The first-order valence-corrected chi connectivity index (χ1v) is 8.44. The molecule has 1 saturated carbocycles. The molecule has 4 heteroatoms. The third-order valence-electron chi connectivity index (χ3n) is 3.95. The minimum Gasteiger partial charge on any atom is -0.489 e. The standard InChI is InChI=1S/C16H22ClNO.CH5N/c17-15-12-13(4-3-11-18-9-1-2-10-18)5-8-16(15)19-14-6-7-14;1-2/h5,8,12,14H,1-4,6-7,9-11H2;2H2,1H3. The maximum absolute atomic E-state index is 6.27. The molecule has 0 aromatic heterocycles. The number of nitrogens with two attached hydrogens (primary N) is 1. The molecule has 1 aliphatic carbocycles. The molecule has 0 atom stereocenters. The summed E-state index contributed by atoms with van der Waals surface area (Å²) in [4.78, 5) is 2.56. The second-order valence-electron chi connectivity index (χ2n) is 5.73. The highest BCUT2D eigenvalue weighted by molar-refractivity contribution is 6.32. The van der Waals surface area contributed by atoms with Gasteiger partial charge >= 0.3 is 0 Å². The molecule has 0 radical (unpaired) electrons. The van der Waals surface area contributed by atoms with E-state index in [1.54, 1.807) is 0 Å². The van der Waals surface area contributed by atoms with Gasteiger partial charge in [0.2, 0.25) is 0 Å². The zero-order valence-corrected chi connectivity index (χ0v) is 13.7. The van der Waals surface area contributed by atoms with E-state index in [1.807, 2.05) is 6.07 Å². The number of hydrogen-bond acceptors (Lipinski definition) is 3. The van der Waals surface area contributed by atoms with E-state index >= 15 is 0 Å². The van der Waals surface area contributed by atoms with Crippen LogP contribution in [0.4, 0.5) is 0 Å². The molecule has 1 saturated heterocycles. The Kier molecular flexibility index (Phi) is 6.81. The highest BCUT2D eigenvalue weighted by atomic mass is 35.5. The number of nitrogens with zero attached hydrogens (tertiary/aromatic N) is 1. The first kappa shape index (κ1) is 16.6. The predicted octanol–water partition coefficient (Wildman–Crippen LogP) is 3.48. The van der Waals surface area contributed by atoms with E-state index in [2.05, 4.69) is 22.8 Å². The Morgan fingerprint density at radius 2 is 1.95 bits per heavy atom. The Bertz CT molecular complexity index is 429. The highest BCUT2D eigenvalue weighted by Crippen LogP contribution is 2.32. The van der Waals surface area contributed by atoms with Crippen molar-refractivity contribution in [3.63, 3.8) is 0 Å². The third-order valence-corrected chi connectivity index (χ3v) is 4.25. The zero-order chi connectivity index (χ0) is 15.1. The zero-order valence-electron chi connectivity index (χ0n) is 13.0. The molecule has 1 aromatic carbocycles. The van der Waals surface area contributed by atoms with E-state index in [4.69, 9.17) is 16.3 Å². The maximum Gasteiger partial charge on any atom is 0.138 e. The number of likely N-dealkylation sites (tertiary alicyclic amines) is 1. The van der Waals surface area contributed by atoms with Crippen molar-refractivity contribution in [2.75, 3.05) is 26.7 Å². The van der Waals surface area contributed by atoms with E-state index in [1.165, 1.54) is 64.3 Å². The molecule has 0 bridgehead atoms. The van der Waals surface area contributed by atoms with Crippen molar-refractivity contribution < 1.29 is 4.74 Å². The average Bonchev–Trinajstić information content (AvgIpc) is 3.17. The third kappa shape index (κ3) is 5.50. The first-order valence-electron chi connectivity index (χ1n) is 8.06. The van der Waals surface area contributed by atoms with E-state index in [-0.39, 0.29) is 0 Å². The van der Waals surface area contributed by atoms with Gasteiger partial charge in [-0.2, -0.15) is 0 Å². The summed E-state index contributed by atoms with van der Waals surface area (Å²) in [5, 5.41) is 0.769. The van der Waals surface area contributed by atoms with Crippen LogP contribution < -0.4 is 10.5 Å². The van der Waals surface area contributed by atoms with E-state index < -0.39 is 0 Å². The largest absolute Gasteiger partial charge is 0.489 e. The lowest BCUT2D eigenvalue weighted by Crippen LogP contribution is -2.20. The van der Waals surface area contributed by atoms with Crippen LogP contribution in [0, 0.1) is 0 Å². The maximum atomic E-state index is 6.27. The van der Waals surface area contributed by atoms with Gasteiger partial charge in [-0.15, -0.1) is 0 Å². The van der Waals surface area contributed by atoms with Crippen LogP contribution in [0.25, 0.3) is 0 Å². The summed E-state index contributed by atoms with van der Waals surface area (Å²) in [6, 6.07) is 6.27. The Balaban J connectivity index is 0.000000774. The lowest BCUT2D eigenvalue weighted by atomic mass is 10.1. The Labute approximate surface area is 133 Å². The molecule has 3 rings (SSSR count). The summed E-state index contributed by atoms with van der Waals surface area (Å²) >= 11 is 6.27. The Morgan fingerprint density at radius 3 is 2.57 bits per heavy atom. The number of halogens is 1. The van der Waals surface area contributed by atoms with Crippen LogP contribution in [0.2, 0.25) is 5.02 Å². The van der Waals surface area contributed by atoms with Crippen LogP contribution in [0.15, 0.2) is 18.2 Å². The number of hydrogen-bond donors (Lipinski definition) is 1. The molecule has 3 nitrogen and oxygen atoms in total. The molecule has 1 aromatic rings. The fourth-order valence-electron chi connectivity index (χ4n) is 2.67. The van der Waals surface area contributed by atoms with Crippen molar-refractivity contribution in [2.45, 2.75) is 44.6 Å². The van der Waals surface area contributed by atoms with Crippen LogP contribution in [0.1, 0.15) is 37.7 Å². The van der Waals surface area contributed by atoms with Crippen molar-refractivity contribution in [1.82, 2.24) is 4.90 Å². The van der Waals surface area contributed by atoms with Gasteiger partial charge in [-0.25, -0.2) is 0 Å². The van der Waals surface area contributed by atoms with Crippen LogP contribution >= 0.6 is 11.6 Å². The molecule has 2 fully saturated rings. The van der Waals surface area contributed by atoms with Gasteiger partial charge in [0, 0.05) is 0 Å². The van der Waals surface area contributed by atoms with Crippen molar-refractivity contribution in [2.24, 2.45) is 5.73 Å². The molecular weight excluding hydrogens is 284 g/mol. The molecule has 0 amide bonds. The summed E-state index contributed by atoms with van der Waals surface area (Å²) in [6.45, 7) is 3.79. The Morgan fingerprint density at radius 1 is 1.24 bits per heavy atom. The quantitative estimate of drug-likeness (QED) is 0.874. The molecule has 0 spiro atoms. The predicted molar refractivity (Wildman–Crippen MR) is 89.2 cm³/mol. The van der Waals surface area contributed by atoms with Gasteiger partial charge < -0.3 is 15.4 Å². The fraction of sp³-hybridized carbons (Fsp3) is 0.647. The van der Waals surface area contributed by atoms with E-state index in [9.17, 15) is 0 Å². The molecule has 21 heavy (non-hydrogen) atoms. The fourth-order valence-corrected chi connectivity index (χ4v) is 2.92. The van der Waals surface area contributed by atoms with Crippen molar-refractivity contribution in [1.29, 1.82) is 0 Å². The normalized spacial score (nSPS) is 18.2. The first-order chi connectivity index (χ1) is 10.3. The molecule has 1 aliphatic heterocycles.